The van der Waals surface area contributed by atoms with Gasteiger partial charge in [-0.05, 0) is 49.3 Å². The predicted molar refractivity (Wildman–Crippen MR) is 106 cm³/mol. The molecule has 1 N–H and O–H groups in total. The molecule has 138 valence electrons. The van der Waals surface area contributed by atoms with Crippen LogP contribution in [0.3, 0.4) is 0 Å². The van der Waals surface area contributed by atoms with E-state index in [1.165, 1.54) is 31.2 Å². The molecule has 2 atom stereocenters. The molecular weight excluding hydrogens is 322 g/mol. The number of hydrogen-bond donors (Lipinski definition) is 1. The molecule has 2 heterocycles. The number of fused-ring (bicyclic) bond motifs is 1. The number of rotatable bonds is 3. The average Bonchev–Trinajstić information content (AvgIpc) is 3.28. The SMILES string of the molecule is CN=C(NCc1ccccc1-n1ccc(C)n1)N1CC2CCCCC2C1. The van der Waals surface area contributed by atoms with Crippen LogP contribution in [-0.4, -0.2) is 40.8 Å². The van der Waals surface area contributed by atoms with Gasteiger partial charge in [0.2, 0.25) is 0 Å². The fourth-order valence-electron chi connectivity index (χ4n) is 4.52. The van der Waals surface area contributed by atoms with Gasteiger partial charge in [-0.2, -0.15) is 5.10 Å². The van der Waals surface area contributed by atoms with E-state index in [1.807, 2.05) is 30.9 Å². The molecule has 5 nitrogen and oxygen atoms in total. The van der Waals surface area contributed by atoms with E-state index in [9.17, 15) is 0 Å². The Bertz CT molecular complexity index is 764. The molecule has 1 saturated carbocycles. The molecule has 0 spiro atoms. The van der Waals surface area contributed by atoms with Gasteiger partial charge in [-0.3, -0.25) is 4.99 Å². The van der Waals surface area contributed by atoms with Gasteiger partial charge < -0.3 is 10.2 Å². The van der Waals surface area contributed by atoms with Crippen molar-refractivity contribution >= 4 is 5.96 Å². The summed E-state index contributed by atoms with van der Waals surface area (Å²) in [6.45, 7) is 5.09. The van der Waals surface area contributed by atoms with Crippen LogP contribution in [0.1, 0.15) is 36.9 Å². The number of aliphatic imine (C=N–C) groups is 1. The zero-order valence-corrected chi connectivity index (χ0v) is 15.9. The smallest absolute Gasteiger partial charge is 0.193 e. The summed E-state index contributed by atoms with van der Waals surface area (Å²) in [4.78, 5) is 7.02. The second-order valence-corrected chi connectivity index (χ2v) is 7.64. The third kappa shape index (κ3) is 3.48. The molecular formula is C21H29N5. The molecule has 1 aliphatic carbocycles. The number of benzene rings is 1. The maximum absolute atomic E-state index is 4.56. The molecule has 2 fully saturated rings. The Kier molecular flexibility index (Phi) is 4.96. The summed E-state index contributed by atoms with van der Waals surface area (Å²) in [5, 5.41) is 8.15. The number of likely N-dealkylation sites (tertiary alicyclic amines) is 1. The molecule has 2 aromatic rings. The molecule has 2 aliphatic rings. The molecule has 5 heteroatoms. The summed E-state index contributed by atoms with van der Waals surface area (Å²) >= 11 is 0. The highest BCUT2D eigenvalue weighted by Crippen LogP contribution is 2.35. The summed E-state index contributed by atoms with van der Waals surface area (Å²) < 4.78 is 1.96. The van der Waals surface area contributed by atoms with Crippen LogP contribution in [0.4, 0.5) is 0 Å². The van der Waals surface area contributed by atoms with Crippen LogP contribution in [-0.2, 0) is 6.54 Å². The van der Waals surface area contributed by atoms with Crippen LogP contribution in [0.25, 0.3) is 5.69 Å². The third-order valence-electron chi connectivity index (χ3n) is 5.89. The molecule has 0 bridgehead atoms. The van der Waals surface area contributed by atoms with E-state index in [0.29, 0.717) is 0 Å². The van der Waals surface area contributed by atoms with Crippen LogP contribution in [0.5, 0.6) is 0 Å². The molecule has 0 amide bonds. The average molecular weight is 351 g/mol. The van der Waals surface area contributed by atoms with Crippen molar-refractivity contribution in [3.05, 3.63) is 47.8 Å². The van der Waals surface area contributed by atoms with Crippen molar-refractivity contribution in [3.63, 3.8) is 0 Å². The molecule has 1 aromatic carbocycles. The fourth-order valence-corrected chi connectivity index (χ4v) is 4.52. The van der Waals surface area contributed by atoms with Crippen molar-refractivity contribution < 1.29 is 0 Å². The van der Waals surface area contributed by atoms with E-state index in [1.54, 1.807) is 0 Å². The number of guanidine groups is 1. The molecule has 26 heavy (non-hydrogen) atoms. The quantitative estimate of drug-likeness (QED) is 0.681. The van der Waals surface area contributed by atoms with E-state index in [-0.39, 0.29) is 0 Å². The molecule has 4 rings (SSSR count). The van der Waals surface area contributed by atoms with Crippen LogP contribution in [0.2, 0.25) is 0 Å². The lowest BCUT2D eigenvalue weighted by atomic mass is 9.82. The van der Waals surface area contributed by atoms with Crippen molar-refractivity contribution in [2.75, 3.05) is 20.1 Å². The first-order valence-corrected chi connectivity index (χ1v) is 9.81. The summed E-state index contributed by atoms with van der Waals surface area (Å²) in [7, 11) is 1.90. The second kappa shape index (κ2) is 7.52. The van der Waals surface area contributed by atoms with Gasteiger partial charge in [-0.1, -0.05) is 31.0 Å². The number of hydrogen-bond acceptors (Lipinski definition) is 2. The van der Waals surface area contributed by atoms with Gasteiger partial charge in [0.1, 0.15) is 0 Å². The Balaban J connectivity index is 1.45. The monoisotopic (exact) mass is 351 g/mol. The van der Waals surface area contributed by atoms with Crippen molar-refractivity contribution in [3.8, 4) is 5.69 Å². The zero-order chi connectivity index (χ0) is 17.9. The Hall–Kier alpha value is -2.30. The molecule has 1 aromatic heterocycles. The minimum atomic E-state index is 0.758. The number of nitrogens with one attached hydrogen (secondary N) is 1. The predicted octanol–water partition coefficient (Wildman–Crippen LogP) is 3.38. The van der Waals surface area contributed by atoms with Gasteiger partial charge in [-0.15, -0.1) is 0 Å². The lowest BCUT2D eigenvalue weighted by Crippen LogP contribution is -2.40. The first-order chi connectivity index (χ1) is 12.7. The summed E-state index contributed by atoms with van der Waals surface area (Å²) in [6.07, 6.45) is 7.60. The van der Waals surface area contributed by atoms with E-state index in [4.69, 9.17) is 0 Å². The third-order valence-corrected chi connectivity index (χ3v) is 5.89. The van der Waals surface area contributed by atoms with E-state index < -0.39 is 0 Å². The molecule has 2 unspecified atom stereocenters. The number of nitrogens with zero attached hydrogens (tertiary/aromatic N) is 4. The van der Waals surface area contributed by atoms with Crippen LogP contribution in [0, 0.1) is 18.8 Å². The standard InChI is InChI=1S/C21H29N5/c1-16-11-12-26(24-16)20-10-6-5-7-17(20)13-23-21(22-2)25-14-18-8-3-4-9-19(18)15-25/h5-7,10-12,18-19H,3-4,8-9,13-15H2,1-2H3,(H,22,23). The largest absolute Gasteiger partial charge is 0.352 e. The minimum absolute atomic E-state index is 0.758. The summed E-state index contributed by atoms with van der Waals surface area (Å²) in [6, 6.07) is 10.5. The van der Waals surface area contributed by atoms with Gasteiger partial charge >= 0.3 is 0 Å². The van der Waals surface area contributed by atoms with E-state index in [2.05, 4.69) is 44.6 Å². The van der Waals surface area contributed by atoms with Crippen molar-refractivity contribution in [1.82, 2.24) is 20.0 Å². The van der Waals surface area contributed by atoms with Gasteiger partial charge in [-0.25, -0.2) is 4.68 Å². The molecule has 1 saturated heterocycles. The van der Waals surface area contributed by atoms with Crippen LogP contribution in [0.15, 0.2) is 41.5 Å². The van der Waals surface area contributed by atoms with E-state index in [0.717, 1.165) is 48.8 Å². The Morgan fingerprint density at radius 1 is 1.15 bits per heavy atom. The van der Waals surface area contributed by atoms with E-state index >= 15 is 0 Å². The van der Waals surface area contributed by atoms with Crippen LogP contribution >= 0.6 is 0 Å². The molecule has 0 radical (unpaired) electrons. The van der Waals surface area contributed by atoms with Crippen molar-refractivity contribution in [2.24, 2.45) is 16.8 Å². The van der Waals surface area contributed by atoms with Crippen molar-refractivity contribution in [2.45, 2.75) is 39.2 Å². The van der Waals surface area contributed by atoms with Gasteiger partial charge in [0, 0.05) is 32.9 Å². The molecule has 1 aliphatic heterocycles. The lowest BCUT2D eigenvalue weighted by molar-refractivity contribution is 0.299. The Labute approximate surface area is 156 Å². The lowest BCUT2D eigenvalue weighted by Gasteiger charge is -2.22. The van der Waals surface area contributed by atoms with Crippen LogP contribution < -0.4 is 5.32 Å². The van der Waals surface area contributed by atoms with Gasteiger partial charge in [0.25, 0.3) is 0 Å². The maximum atomic E-state index is 4.56. The first-order valence-electron chi connectivity index (χ1n) is 9.81. The number of para-hydroxylation sites is 1. The number of aryl methyl sites for hydroxylation is 1. The highest BCUT2D eigenvalue weighted by molar-refractivity contribution is 5.80. The Morgan fingerprint density at radius 3 is 2.54 bits per heavy atom. The first kappa shape index (κ1) is 17.1. The van der Waals surface area contributed by atoms with Crippen molar-refractivity contribution in [1.29, 1.82) is 0 Å². The highest BCUT2D eigenvalue weighted by Gasteiger charge is 2.35. The second-order valence-electron chi connectivity index (χ2n) is 7.64. The fraction of sp³-hybridized carbons (Fsp3) is 0.524. The zero-order valence-electron chi connectivity index (χ0n) is 15.9. The number of aromatic nitrogens is 2. The maximum Gasteiger partial charge on any atom is 0.193 e. The highest BCUT2D eigenvalue weighted by atomic mass is 15.3. The van der Waals surface area contributed by atoms with Gasteiger partial charge in [0.15, 0.2) is 5.96 Å². The minimum Gasteiger partial charge on any atom is -0.352 e. The summed E-state index contributed by atoms with van der Waals surface area (Å²) in [5.74, 6) is 2.76. The Morgan fingerprint density at radius 2 is 1.88 bits per heavy atom. The normalized spacial score (nSPS) is 23.2. The topological polar surface area (TPSA) is 45.5 Å². The summed E-state index contributed by atoms with van der Waals surface area (Å²) in [5.41, 5.74) is 3.38. The van der Waals surface area contributed by atoms with Gasteiger partial charge in [0.05, 0.1) is 11.4 Å².